The van der Waals surface area contributed by atoms with E-state index in [1.165, 1.54) is 5.56 Å². The average molecular weight is 406 g/mol. The number of hydrogen-bond acceptors (Lipinski definition) is 6. The van der Waals surface area contributed by atoms with Crippen LogP contribution in [0.5, 0.6) is 5.75 Å². The zero-order chi connectivity index (χ0) is 20.2. The molecule has 7 heteroatoms. The van der Waals surface area contributed by atoms with Gasteiger partial charge >= 0.3 is 0 Å². The second-order valence-electron chi connectivity index (χ2n) is 6.90. The van der Waals surface area contributed by atoms with E-state index < -0.39 is 0 Å². The highest BCUT2D eigenvalue weighted by molar-refractivity contribution is 7.13. The monoisotopic (exact) mass is 405 g/mol. The molecule has 0 bridgehead atoms. The van der Waals surface area contributed by atoms with Crippen molar-refractivity contribution in [2.24, 2.45) is 0 Å². The first-order chi connectivity index (χ1) is 14.1. The first-order valence-corrected chi connectivity index (χ1v) is 10.3. The third-order valence-electron chi connectivity index (χ3n) is 5.02. The highest BCUT2D eigenvalue weighted by Gasteiger charge is 2.14. The van der Waals surface area contributed by atoms with E-state index in [0.717, 1.165) is 34.2 Å². The molecule has 29 heavy (non-hydrogen) atoms. The summed E-state index contributed by atoms with van der Waals surface area (Å²) >= 11 is 1.67. The summed E-state index contributed by atoms with van der Waals surface area (Å²) in [6.07, 6.45) is 3.24. The van der Waals surface area contributed by atoms with E-state index in [1.807, 2.05) is 24.3 Å². The van der Waals surface area contributed by atoms with E-state index >= 15 is 0 Å². The molecule has 148 valence electrons. The molecule has 0 aliphatic carbocycles. The van der Waals surface area contributed by atoms with Gasteiger partial charge in [-0.05, 0) is 55.9 Å². The molecule has 0 fully saturated rings. The molecule has 2 aromatic heterocycles. The summed E-state index contributed by atoms with van der Waals surface area (Å²) in [5.74, 6) is 0.855. The van der Waals surface area contributed by atoms with Gasteiger partial charge in [-0.15, -0.1) is 11.3 Å². The largest absolute Gasteiger partial charge is 0.497 e. The lowest BCUT2D eigenvalue weighted by atomic mass is 10.1. The first kappa shape index (κ1) is 19.3. The highest BCUT2D eigenvalue weighted by atomic mass is 32.1. The van der Waals surface area contributed by atoms with Crippen LogP contribution in [0, 0.1) is 0 Å². The van der Waals surface area contributed by atoms with Crippen LogP contribution >= 0.6 is 11.3 Å². The van der Waals surface area contributed by atoms with E-state index in [9.17, 15) is 0 Å². The summed E-state index contributed by atoms with van der Waals surface area (Å²) in [7, 11) is 3.80. The van der Waals surface area contributed by atoms with Crippen LogP contribution in [0.4, 0.5) is 0 Å². The number of aromatic nitrogens is 4. The van der Waals surface area contributed by atoms with Crippen molar-refractivity contribution in [3.05, 3.63) is 77.8 Å². The predicted octanol–water partition coefficient (Wildman–Crippen LogP) is 4.59. The third kappa shape index (κ3) is 4.36. The lowest BCUT2D eigenvalue weighted by Crippen LogP contribution is -2.22. The molecule has 6 nitrogen and oxygen atoms in total. The zero-order valence-electron chi connectivity index (χ0n) is 16.7. The Morgan fingerprint density at radius 3 is 2.52 bits per heavy atom. The SMILES string of the molecule is COc1ccc(-c2nc(CN(C)C(C)c3ccc(-n4cncn4)cc3)cs2)cc1. The summed E-state index contributed by atoms with van der Waals surface area (Å²) in [5, 5.41) is 7.33. The molecule has 2 aromatic carbocycles. The van der Waals surface area contributed by atoms with Gasteiger partial charge in [0.05, 0.1) is 18.5 Å². The van der Waals surface area contributed by atoms with E-state index in [0.29, 0.717) is 0 Å². The van der Waals surface area contributed by atoms with Crippen molar-refractivity contribution >= 4 is 11.3 Å². The van der Waals surface area contributed by atoms with Crippen LogP contribution in [0.3, 0.4) is 0 Å². The lowest BCUT2D eigenvalue weighted by molar-refractivity contribution is 0.250. The number of hydrogen-bond donors (Lipinski definition) is 0. The number of rotatable bonds is 7. The Bertz CT molecular complexity index is 1040. The minimum Gasteiger partial charge on any atom is -0.497 e. The molecule has 0 saturated heterocycles. The molecule has 2 heterocycles. The highest BCUT2D eigenvalue weighted by Crippen LogP contribution is 2.27. The van der Waals surface area contributed by atoms with Gasteiger partial charge in [0.15, 0.2) is 0 Å². The molecule has 0 spiro atoms. The molecule has 4 rings (SSSR count). The summed E-state index contributed by atoms with van der Waals surface area (Å²) in [6.45, 7) is 3.00. The average Bonchev–Trinajstić information content (AvgIpc) is 3.46. The van der Waals surface area contributed by atoms with Crippen molar-refractivity contribution < 1.29 is 4.74 Å². The molecule has 1 unspecified atom stereocenters. The summed E-state index contributed by atoms with van der Waals surface area (Å²) in [6, 6.07) is 16.7. The third-order valence-corrected chi connectivity index (χ3v) is 5.96. The van der Waals surface area contributed by atoms with Crippen molar-refractivity contribution in [2.75, 3.05) is 14.2 Å². The van der Waals surface area contributed by atoms with Gasteiger partial charge in [0, 0.05) is 23.5 Å². The molecule has 0 aliphatic rings. The van der Waals surface area contributed by atoms with E-state index in [1.54, 1.807) is 35.8 Å². The molecule has 0 amide bonds. The van der Waals surface area contributed by atoms with Gasteiger partial charge in [0.1, 0.15) is 23.4 Å². The molecule has 4 aromatic rings. The van der Waals surface area contributed by atoms with Crippen molar-refractivity contribution in [3.8, 4) is 22.0 Å². The van der Waals surface area contributed by atoms with Gasteiger partial charge in [0.2, 0.25) is 0 Å². The van der Waals surface area contributed by atoms with E-state index in [-0.39, 0.29) is 6.04 Å². The fourth-order valence-corrected chi connectivity index (χ4v) is 3.96. The van der Waals surface area contributed by atoms with Crippen LogP contribution in [0.2, 0.25) is 0 Å². The van der Waals surface area contributed by atoms with Crippen LogP contribution in [-0.2, 0) is 6.54 Å². The van der Waals surface area contributed by atoms with E-state index in [4.69, 9.17) is 9.72 Å². The van der Waals surface area contributed by atoms with Crippen LogP contribution in [0.25, 0.3) is 16.3 Å². The molecular formula is C22H23N5OS. The first-order valence-electron chi connectivity index (χ1n) is 9.38. The number of nitrogens with zero attached hydrogens (tertiary/aromatic N) is 5. The molecule has 1 atom stereocenters. The van der Waals surface area contributed by atoms with Gasteiger partial charge in [0.25, 0.3) is 0 Å². The number of methoxy groups -OCH3 is 1. The Morgan fingerprint density at radius 2 is 1.86 bits per heavy atom. The van der Waals surface area contributed by atoms with Crippen LogP contribution in [0.15, 0.2) is 66.6 Å². The summed E-state index contributed by atoms with van der Waals surface area (Å²) in [5.41, 5.74) is 4.45. The number of thiazole rings is 1. The Labute approximate surface area is 174 Å². The Hall–Kier alpha value is -3.03. The van der Waals surface area contributed by atoms with Gasteiger partial charge in [-0.2, -0.15) is 5.10 Å². The minimum absolute atomic E-state index is 0.269. The topological polar surface area (TPSA) is 56.1 Å². The van der Waals surface area contributed by atoms with E-state index in [2.05, 4.69) is 58.6 Å². The Kier molecular flexibility index (Phi) is 5.69. The fourth-order valence-electron chi connectivity index (χ4n) is 3.14. The molecule has 0 N–H and O–H groups in total. The van der Waals surface area contributed by atoms with Crippen LogP contribution in [0.1, 0.15) is 24.2 Å². The second kappa shape index (κ2) is 8.55. The smallest absolute Gasteiger partial charge is 0.138 e. The molecule has 0 radical (unpaired) electrons. The fraction of sp³-hybridized carbons (Fsp3) is 0.227. The van der Waals surface area contributed by atoms with Crippen molar-refractivity contribution in [2.45, 2.75) is 19.5 Å². The normalized spacial score (nSPS) is 12.3. The maximum atomic E-state index is 5.23. The van der Waals surface area contributed by atoms with Gasteiger partial charge in [-0.3, -0.25) is 4.90 Å². The summed E-state index contributed by atoms with van der Waals surface area (Å²) < 4.78 is 6.99. The lowest BCUT2D eigenvalue weighted by Gasteiger charge is -2.24. The number of ether oxygens (including phenoxy) is 1. The van der Waals surface area contributed by atoms with Crippen molar-refractivity contribution in [1.82, 2.24) is 24.6 Å². The van der Waals surface area contributed by atoms with Crippen molar-refractivity contribution in [1.29, 1.82) is 0 Å². The summed E-state index contributed by atoms with van der Waals surface area (Å²) in [4.78, 5) is 11.1. The maximum Gasteiger partial charge on any atom is 0.138 e. The maximum absolute atomic E-state index is 5.23. The second-order valence-corrected chi connectivity index (χ2v) is 7.75. The predicted molar refractivity (Wildman–Crippen MR) is 115 cm³/mol. The van der Waals surface area contributed by atoms with Gasteiger partial charge < -0.3 is 4.74 Å². The van der Waals surface area contributed by atoms with Gasteiger partial charge in [-0.25, -0.2) is 14.6 Å². The Morgan fingerprint density at radius 1 is 1.10 bits per heavy atom. The standard InChI is InChI=1S/C22H23N5OS/c1-16(17-4-8-20(9-5-17)27-15-23-14-24-27)26(2)12-19-13-29-22(25-19)18-6-10-21(28-3)11-7-18/h4-11,13-16H,12H2,1-3H3. The van der Waals surface area contributed by atoms with Crippen molar-refractivity contribution in [3.63, 3.8) is 0 Å². The minimum atomic E-state index is 0.269. The van der Waals surface area contributed by atoms with Crippen LogP contribution in [-0.4, -0.2) is 38.8 Å². The van der Waals surface area contributed by atoms with Gasteiger partial charge in [-0.1, -0.05) is 12.1 Å². The quantitative estimate of drug-likeness (QED) is 0.450. The molecule has 0 saturated carbocycles. The molecule has 0 aliphatic heterocycles. The van der Waals surface area contributed by atoms with Crippen LogP contribution < -0.4 is 4.74 Å². The Balaban J connectivity index is 1.42. The number of benzene rings is 2. The zero-order valence-corrected chi connectivity index (χ0v) is 17.5. The molecular weight excluding hydrogens is 382 g/mol.